The van der Waals surface area contributed by atoms with Gasteiger partial charge >= 0.3 is 0 Å². The van der Waals surface area contributed by atoms with Crippen LogP contribution in [0.2, 0.25) is 10.0 Å². The molecule has 178 valence electrons. The van der Waals surface area contributed by atoms with Crippen LogP contribution in [0, 0.1) is 0 Å². The monoisotopic (exact) mass is 510 g/mol. The quantitative estimate of drug-likeness (QED) is 0.264. The first-order chi connectivity index (χ1) is 17.0. The largest absolute Gasteiger partial charge is 0.493 e. The number of benzene rings is 3. The number of ether oxygens (including phenoxy) is 2. The number of hydrazone groups is 1. The highest BCUT2D eigenvalue weighted by Crippen LogP contribution is 2.32. The number of hydrogen-bond donors (Lipinski definition) is 1. The highest BCUT2D eigenvalue weighted by atomic mass is 35.5. The van der Waals surface area contributed by atoms with E-state index in [1.807, 2.05) is 30.3 Å². The third kappa shape index (κ3) is 6.34. The first kappa shape index (κ1) is 24.2. The summed E-state index contributed by atoms with van der Waals surface area (Å²) in [5, 5.41) is 17.2. The van der Waals surface area contributed by atoms with Crippen molar-refractivity contribution in [3.63, 3.8) is 0 Å². The lowest BCUT2D eigenvalue weighted by molar-refractivity contribution is -0.122. The Labute approximate surface area is 211 Å². The van der Waals surface area contributed by atoms with E-state index in [1.165, 1.54) is 18.1 Å². The zero-order valence-electron chi connectivity index (χ0n) is 18.6. The van der Waals surface area contributed by atoms with E-state index in [4.69, 9.17) is 32.7 Å². The second kappa shape index (κ2) is 11.5. The second-order valence-corrected chi connectivity index (χ2v) is 8.05. The van der Waals surface area contributed by atoms with Gasteiger partial charge in [-0.15, -0.1) is 10.2 Å². The molecule has 4 aromatic rings. The van der Waals surface area contributed by atoms with E-state index in [-0.39, 0.29) is 13.2 Å². The average Bonchev–Trinajstić information content (AvgIpc) is 3.33. The molecule has 4 rings (SSSR count). The topological polar surface area (TPSA) is 104 Å². The molecule has 0 aliphatic rings. The van der Waals surface area contributed by atoms with Crippen molar-refractivity contribution in [2.45, 2.75) is 13.2 Å². The zero-order chi connectivity index (χ0) is 24.6. The summed E-state index contributed by atoms with van der Waals surface area (Å²) in [6.07, 6.45) is 1.46. The summed E-state index contributed by atoms with van der Waals surface area (Å²) in [6.45, 7) is 0.0407. The van der Waals surface area contributed by atoms with Gasteiger partial charge in [-0.05, 0) is 29.5 Å². The van der Waals surface area contributed by atoms with Gasteiger partial charge in [-0.1, -0.05) is 65.7 Å². The maximum atomic E-state index is 12.3. The zero-order valence-corrected chi connectivity index (χ0v) is 20.1. The summed E-state index contributed by atoms with van der Waals surface area (Å²) in [5.74, 6) is 0.965. The van der Waals surface area contributed by atoms with Crippen LogP contribution in [0.1, 0.15) is 11.1 Å². The molecular formula is C24H20Cl2N6O3. The molecule has 11 heteroatoms. The van der Waals surface area contributed by atoms with Gasteiger partial charge in [0.1, 0.15) is 13.2 Å². The van der Waals surface area contributed by atoms with Crippen molar-refractivity contribution in [1.29, 1.82) is 0 Å². The molecule has 1 N–H and O–H groups in total. The molecule has 0 atom stereocenters. The normalized spacial score (nSPS) is 10.9. The lowest BCUT2D eigenvalue weighted by Crippen LogP contribution is -2.24. The van der Waals surface area contributed by atoms with Gasteiger partial charge in [-0.2, -0.15) is 9.90 Å². The molecule has 0 saturated heterocycles. The Kier molecular flexibility index (Phi) is 7.92. The lowest BCUT2D eigenvalue weighted by Gasteiger charge is -2.14. The van der Waals surface area contributed by atoms with Gasteiger partial charge in [0.2, 0.25) is 5.82 Å². The first-order valence-corrected chi connectivity index (χ1v) is 11.2. The number of rotatable bonds is 9. The van der Waals surface area contributed by atoms with Crippen LogP contribution in [-0.4, -0.2) is 39.4 Å². The molecule has 1 aromatic heterocycles. The molecule has 3 aromatic carbocycles. The molecule has 9 nitrogen and oxygen atoms in total. The van der Waals surface area contributed by atoms with Crippen molar-refractivity contribution in [2.75, 3.05) is 7.11 Å². The summed E-state index contributed by atoms with van der Waals surface area (Å²) in [7, 11) is 1.54. The molecule has 0 fully saturated rings. The van der Waals surface area contributed by atoms with Gasteiger partial charge in [0.05, 0.1) is 13.3 Å². The Morgan fingerprint density at radius 2 is 1.94 bits per heavy atom. The SMILES string of the molecule is COc1cccc(C=NNC(=O)Cn2nnc(-c3ccccc3)n2)c1OCc1ccc(Cl)cc1Cl. The van der Waals surface area contributed by atoms with Gasteiger partial charge in [0.25, 0.3) is 5.91 Å². The molecular weight excluding hydrogens is 491 g/mol. The molecule has 0 unspecified atom stereocenters. The standard InChI is InChI=1S/C24H20Cl2N6O3/c1-34-21-9-5-8-17(23(21)35-15-18-10-11-19(25)12-20(18)26)13-27-28-22(33)14-32-30-24(29-31-32)16-6-3-2-4-7-16/h2-13H,14-15H2,1H3,(H,28,33). The molecule has 0 aliphatic heterocycles. The molecule has 0 spiro atoms. The smallest absolute Gasteiger partial charge is 0.263 e. The van der Waals surface area contributed by atoms with Crippen molar-refractivity contribution < 1.29 is 14.3 Å². The fraction of sp³-hybridized carbons (Fsp3) is 0.125. The minimum absolute atomic E-state index is 0.145. The third-order valence-corrected chi connectivity index (χ3v) is 5.37. The van der Waals surface area contributed by atoms with E-state index >= 15 is 0 Å². The van der Waals surface area contributed by atoms with E-state index < -0.39 is 5.91 Å². The van der Waals surface area contributed by atoms with Gasteiger partial charge in [-0.3, -0.25) is 4.79 Å². The average molecular weight is 511 g/mol. The number of nitrogens with zero attached hydrogens (tertiary/aromatic N) is 5. The molecule has 1 heterocycles. The van der Waals surface area contributed by atoms with Crippen molar-refractivity contribution in [3.8, 4) is 22.9 Å². The predicted molar refractivity (Wildman–Crippen MR) is 133 cm³/mol. The Balaban J connectivity index is 1.40. The molecule has 1 amide bonds. The number of carbonyl (C=O) groups is 1. The Morgan fingerprint density at radius 3 is 2.71 bits per heavy atom. The first-order valence-electron chi connectivity index (χ1n) is 10.4. The van der Waals surface area contributed by atoms with E-state index in [9.17, 15) is 4.79 Å². The van der Waals surface area contributed by atoms with Crippen LogP contribution in [-0.2, 0) is 17.9 Å². The highest BCUT2D eigenvalue weighted by molar-refractivity contribution is 6.35. The number of halogens is 2. The third-order valence-electron chi connectivity index (χ3n) is 4.78. The number of hydrogen-bond acceptors (Lipinski definition) is 7. The summed E-state index contributed by atoms with van der Waals surface area (Å²) in [4.78, 5) is 13.5. The van der Waals surface area contributed by atoms with Crippen LogP contribution in [0.5, 0.6) is 11.5 Å². The molecule has 35 heavy (non-hydrogen) atoms. The summed E-state index contributed by atoms with van der Waals surface area (Å²) in [5.41, 5.74) is 4.62. The predicted octanol–water partition coefficient (Wildman–Crippen LogP) is 4.38. The van der Waals surface area contributed by atoms with E-state index in [1.54, 1.807) is 36.4 Å². The molecule has 0 radical (unpaired) electrons. The van der Waals surface area contributed by atoms with E-state index in [0.717, 1.165) is 11.1 Å². The van der Waals surface area contributed by atoms with Crippen molar-refractivity contribution in [1.82, 2.24) is 25.6 Å². The van der Waals surface area contributed by atoms with Gasteiger partial charge in [-0.25, -0.2) is 5.43 Å². The number of para-hydroxylation sites is 1. The fourth-order valence-electron chi connectivity index (χ4n) is 3.09. The van der Waals surface area contributed by atoms with Crippen LogP contribution < -0.4 is 14.9 Å². The van der Waals surface area contributed by atoms with E-state index in [2.05, 4.69) is 25.9 Å². The maximum absolute atomic E-state index is 12.3. The van der Waals surface area contributed by atoms with Gasteiger partial charge in [0.15, 0.2) is 11.5 Å². The summed E-state index contributed by atoms with van der Waals surface area (Å²) >= 11 is 12.2. The fourth-order valence-corrected chi connectivity index (χ4v) is 3.55. The van der Waals surface area contributed by atoms with Gasteiger partial charge in [0, 0.05) is 26.7 Å². The number of carbonyl (C=O) groups excluding carboxylic acids is 1. The Morgan fingerprint density at radius 1 is 1.11 bits per heavy atom. The Bertz CT molecular complexity index is 1340. The molecule has 0 aliphatic carbocycles. The minimum Gasteiger partial charge on any atom is -0.493 e. The number of tetrazole rings is 1. The molecule has 0 bridgehead atoms. The van der Waals surface area contributed by atoms with Crippen LogP contribution >= 0.6 is 23.2 Å². The summed E-state index contributed by atoms with van der Waals surface area (Å²) < 4.78 is 11.4. The minimum atomic E-state index is -0.420. The number of aromatic nitrogens is 4. The van der Waals surface area contributed by atoms with Crippen molar-refractivity contribution >= 4 is 35.3 Å². The maximum Gasteiger partial charge on any atom is 0.263 e. The summed E-state index contributed by atoms with van der Waals surface area (Å²) in [6, 6.07) is 19.9. The van der Waals surface area contributed by atoms with Gasteiger partial charge < -0.3 is 9.47 Å². The van der Waals surface area contributed by atoms with Crippen molar-refractivity contribution in [3.05, 3.63) is 87.9 Å². The van der Waals surface area contributed by atoms with Crippen LogP contribution in [0.3, 0.4) is 0 Å². The van der Waals surface area contributed by atoms with Crippen LogP contribution in [0.25, 0.3) is 11.4 Å². The van der Waals surface area contributed by atoms with Crippen molar-refractivity contribution in [2.24, 2.45) is 5.10 Å². The number of amides is 1. The number of nitrogens with one attached hydrogen (secondary N) is 1. The van der Waals surface area contributed by atoms with E-state index in [0.29, 0.717) is 32.9 Å². The molecule has 0 saturated carbocycles. The van der Waals surface area contributed by atoms with Crippen LogP contribution in [0.4, 0.5) is 0 Å². The second-order valence-electron chi connectivity index (χ2n) is 7.21. The highest BCUT2D eigenvalue weighted by Gasteiger charge is 2.12. The Hall–Kier alpha value is -3.95. The lowest BCUT2D eigenvalue weighted by atomic mass is 10.2. The van der Waals surface area contributed by atoms with Crippen LogP contribution in [0.15, 0.2) is 71.8 Å². The number of methoxy groups -OCH3 is 1.